The molecule has 1 N–H and O–H groups in total. The lowest BCUT2D eigenvalue weighted by Crippen LogP contribution is -2.25. The first-order valence-corrected chi connectivity index (χ1v) is 9.00. The van der Waals surface area contributed by atoms with Crippen molar-refractivity contribution < 1.29 is 21.6 Å². The monoisotopic (exact) mass is 381 g/mol. The summed E-state index contributed by atoms with van der Waals surface area (Å²) in [6.45, 7) is -0.179. The molecule has 26 heavy (non-hydrogen) atoms. The second-order valence-electron chi connectivity index (χ2n) is 5.45. The fourth-order valence-electron chi connectivity index (χ4n) is 2.36. The highest BCUT2D eigenvalue weighted by Gasteiger charge is 2.36. The van der Waals surface area contributed by atoms with Crippen molar-refractivity contribution in [2.24, 2.45) is 0 Å². The van der Waals surface area contributed by atoms with Gasteiger partial charge in [0.25, 0.3) is 0 Å². The van der Waals surface area contributed by atoms with E-state index in [0.29, 0.717) is 5.56 Å². The van der Waals surface area contributed by atoms with Gasteiger partial charge in [0.1, 0.15) is 0 Å². The molecule has 0 saturated heterocycles. The molecule has 0 aliphatic carbocycles. The second-order valence-corrected chi connectivity index (χ2v) is 7.18. The van der Waals surface area contributed by atoms with Crippen LogP contribution in [0.25, 0.3) is 5.69 Å². The molecule has 0 unspecified atom stereocenters. The molecule has 136 valence electrons. The number of aromatic nitrogens is 2. The molecule has 0 spiro atoms. The van der Waals surface area contributed by atoms with Crippen LogP contribution in [-0.4, -0.2) is 18.2 Å². The average molecular weight is 381 g/mol. The molecule has 0 saturated carbocycles. The third-order valence-corrected chi connectivity index (χ3v) is 5.06. The van der Waals surface area contributed by atoms with Gasteiger partial charge in [0.15, 0.2) is 0 Å². The molecule has 0 fully saturated rings. The minimum atomic E-state index is -4.76. The Balaban J connectivity index is 1.79. The van der Waals surface area contributed by atoms with Crippen LogP contribution in [0, 0.1) is 0 Å². The second kappa shape index (κ2) is 6.93. The predicted octanol–water partition coefficient (Wildman–Crippen LogP) is 3.37. The Morgan fingerprint density at radius 2 is 1.65 bits per heavy atom. The minimum absolute atomic E-state index is 0.179. The van der Waals surface area contributed by atoms with Crippen LogP contribution in [0.15, 0.2) is 71.9 Å². The third-order valence-electron chi connectivity index (χ3n) is 3.61. The zero-order valence-corrected chi connectivity index (χ0v) is 14.1. The number of halogens is 3. The molecule has 0 radical (unpaired) electrons. The number of hydrogen-bond donors (Lipinski definition) is 1. The molecule has 2 aromatic carbocycles. The summed E-state index contributed by atoms with van der Waals surface area (Å²) in [5.41, 5.74) is 0.0958. The topological polar surface area (TPSA) is 64.0 Å². The summed E-state index contributed by atoms with van der Waals surface area (Å²) < 4.78 is 67.4. The summed E-state index contributed by atoms with van der Waals surface area (Å²) in [6, 6.07) is 13.2. The van der Waals surface area contributed by atoms with Gasteiger partial charge in [-0.3, -0.25) is 0 Å². The van der Waals surface area contributed by atoms with Gasteiger partial charge < -0.3 is 0 Å². The van der Waals surface area contributed by atoms with Crippen LogP contribution in [0.3, 0.4) is 0 Å². The van der Waals surface area contributed by atoms with Crippen molar-refractivity contribution >= 4 is 10.0 Å². The molecule has 5 nitrogen and oxygen atoms in total. The van der Waals surface area contributed by atoms with Gasteiger partial charge in [0.05, 0.1) is 22.3 Å². The lowest BCUT2D eigenvalue weighted by atomic mass is 10.2. The summed E-state index contributed by atoms with van der Waals surface area (Å²) in [5.74, 6) is 0. The van der Waals surface area contributed by atoms with Crippen LogP contribution in [-0.2, 0) is 22.7 Å². The molecule has 0 amide bonds. The van der Waals surface area contributed by atoms with Gasteiger partial charge in [0, 0.05) is 18.3 Å². The number of alkyl halides is 3. The Bertz CT molecular complexity index is 999. The molecular weight excluding hydrogens is 367 g/mol. The van der Waals surface area contributed by atoms with E-state index in [1.165, 1.54) is 12.3 Å². The first kappa shape index (κ1) is 18.2. The maximum atomic E-state index is 13.0. The Labute approximate surface area is 148 Å². The summed E-state index contributed by atoms with van der Waals surface area (Å²) in [7, 11) is -4.33. The van der Waals surface area contributed by atoms with Gasteiger partial charge in [0.2, 0.25) is 10.0 Å². The predicted molar refractivity (Wildman–Crippen MR) is 89.0 cm³/mol. The normalized spacial score (nSPS) is 12.3. The van der Waals surface area contributed by atoms with Crippen LogP contribution in [0.4, 0.5) is 13.2 Å². The zero-order chi connectivity index (χ0) is 18.8. The Morgan fingerprint density at radius 3 is 2.35 bits per heavy atom. The summed E-state index contributed by atoms with van der Waals surface area (Å²) in [4.78, 5) is -0.803. The quantitative estimate of drug-likeness (QED) is 0.737. The molecule has 0 atom stereocenters. The van der Waals surface area contributed by atoms with E-state index in [2.05, 4.69) is 9.82 Å². The maximum Gasteiger partial charge on any atom is 0.417 e. The van der Waals surface area contributed by atoms with Crippen LogP contribution in [0.1, 0.15) is 11.1 Å². The van der Waals surface area contributed by atoms with Crippen LogP contribution >= 0.6 is 0 Å². The van der Waals surface area contributed by atoms with E-state index in [4.69, 9.17) is 0 Å². The van der Waals surface area contributed by atoms with E-state index >= 15 is 0 Å². The Morgan fingerprint density at radius 1 is 1.00 bits per heavy atom. The van der Waals surface area contributed by atoms with Crippen molar-refractivity contribution in [1.82, 2.24) is 14.5 Å². The van der Waals surface area contributed by atoms with Gasteiger partial charge in [-0.25, -0.2) is 17.8 Å². The van der Waals surface area contributed by atoms with Crippen LogP contribution < -0.4 is 4.72 Å². The molecule has 3 rings (SSSR count). The molecule has 3 aromatic rings. The lowest BCUT2D eigenvalue weighted by molar-refractivity contribution is -0.139. The van der Waals surface area contributed by atoms with Gasteiger partial charge >= 0.3 is 6.18 Å². The van der Waals surface area contributed by atoms with E-state index in [-0.39, 0.29) is 6.54 Å². The minimum Gasteiger partial charge on any atom is -0.241 e. The number of benzene rings is 2. The first-order chi connectivity index (χ1) is 12.3. The fourth-order valence-corrected chi connectivity index (χ4v) is 3.61. The van der Waals surface area contributed by atoms with Crippen molar-refractivity contribution in [3.63, 3.8) is 0 Å². The van der Waals surface area contributed by atoms with E-state index < -0.39 is 26.7 Å². The van der Waals surface area contributed by atoms with Crippen LogP contribution in [0.2, 0.25) is 0 Å². The highest BCUT2D eigenvalue weighted by Crippen LogP contribution is 2.33. The fraction of sp³-hybridized carbons (Fsp3) is 0.118. The number of rotatable bonds is 5. The standard InChI is InChI=1S/C17H14F3N3O2S/c18-17(19,20)15-8-4-5-9-16(15)26(24,25)22-11-13-10-21-23(12-13)14-6-2-1-3-7-14/h1-10,12,22H,11H2. The molecule has 9 heteroatoms. The zero-order valence-electron chi connectivity index (χ0n) is 13.3. The maximum absolute atomic E-state index is 13.0. The highest BCUT2D eigenvalue weighted by molar-refractivity contribution is 7.89. The largest absolute Gasteiger partial charge is 0.417 e. The molecular formula is C17H14F3N3O2S. The molecule has 0 aliphatic rings. The summed E-state index contributed by atoms with van der Waals surface area (Å²) in [6.07, 6.45) is -1.71. The van der Waals surface area contributed by atoms with Crippen LogP contribution in [0.5, 0.6) is 0 Å². The smallest absolute Gasteiger partial charge is 0.241 e. The molecule has 1 heterocycles. The van der Waals surface area contributed by atoms with E-state index in [1.807, 2.05) is 30.3 Å². The van der Waals surface area contributed by atoms with Gasteiger partial charge in [-0.15, -0.1) is 0 Å². The Hall–Kier alpha value is -2.65. The van der Waals surface area contributed by atoms with E-state index in [1.54, 1.807) is 10.9 Å². The van der Waals surface area contributed by atoms with Crippen molar-refractivity contribution in [2.75, 3.05) is 0 Å². The van der Waals surface area contributed by atoms with Gasteiger partial charge in [-0.1, -0.05) is 30.3 Å². The number of hydrogen-bond acceptors (Lipinski definition) is 3. The number of para-hydroxylation sites is 1. The molecule has 0 aliphatic heterocycles. The number of sulfonamides is 1. The third kappa shape index (κ3) is 3.94. The highest BCUT2D eigenvalue weighted by atomic mass is 32.2. The number of nitrogens with zero attached hydrogens (tertiary/aromatic N) is 2. The molecule has 0 bridgehead atoms. The number of nitrogens with one attached hydrogen (secondary N) is 1. The van der Waals surface area contributed by atoms with E-state index in [0.717, 1.165) is 23.9 Å². The lowest BCUT2D eigenvalue weighted by Gasteiger charge is -2.13. The van der Waals surface area contributed by atoms with E-state index in [9.17, 15) is 21.6 Å². The summed E-state index contributed by atoms with van der Waals surface area (Å²) >= 11 is 0. The summed E-state index contributed by atoms with van der Waals surface area (Å²) in [5, 5.41) is 4.12. The van der Waals surface area contributed by atoms with Crippen molar-refractivity contribution in [1.29, 1.82) is 0 Å². The Kier molecular flexibility index (Phi) is 4.84. The van der Waals surface area contributed by atoms with Crippen molar-refractivity contribution in [2.45, 2.75) is 17.6 Å². The van der Waals surface area contributed by atoms with Gasteiger partial charge in [-0.2, -0.15) is 18.3 Å². The van der Waals surface area contributed by atoms with Crippen molar-refractivity contribution in [3.8, 4) is 5.69 Å². The first-order valence-electron chi connectivity index (χ1n) is 7.52. The SMILES string of the molecule is O=S(=O)(NCc1cnn(-c2ccccc2)c1)c1ccccc1C(F)(F)F. The van der Waals surface area contributed by atoms with Crippen molar-refractivity contribution in [3.05, 3.63) is 78.1 Å². The molecule has 1 aromatic heterocycles. The van der Waals surface area contributed by atoms with Gasteiger partial charge in [-0.05, 0) is 24.3 Å². The average Bonchev–Trinajstić information content (AvgIpc) is 3.09.